The van der Waals surface area contributed by atoms with Crippen LogP contribution >= 0.6 is 23.1 Å². The van der Waals surface area contributed by atoms with Gasteiger partial charge < -0.3 is 4.42 Å². The van der Waals surface area contributed by atoms with Crippen molar-refractivity contribution >= 4 is 23.1 Å². The molecule has 92 valence electrons. The van der Waals surface area contributed by atoms with Crippen LogP contribution in [0.2, 0.25) is 0 Å². The standard InChI is InChI=1S/C11H10N4OS2/c1-7-9(5-18-11-12-6-13-15-11)14-10(16-7)8-2-3-17-4-8/h2-4,6H,5H2,1H3,(H,12,13,15). The number of hydrogen-bond donors (Lipinski definition) is 1. The maximum absolute atomic E-state index is 5.66. The summed E-state index contributed by atoms with van der Waals surface area (Å²) in [6, 6.07) is 2.00. The summed E-state index contributed by atoms with van der Waals surface area (Å²) in [7, 11) is 0. The van der Waals surface area contributed by atoms with E-state index in [4.69, 9.17) is 4.42 Å². The topological polar surface area (TPSA) is 67.6 Å². The number of thiophene rings is 1. The molecular weight excluding hydrogens is 268 g/mol. The molecule has 0 saturated carbocycles. The number of rotatable bonds is 4. The largest absolute Gasteiger partial charge is 0.441 e. The third kappa shape index (κ3) is 2.32. The number of aryl methyl sites for hydroxylation is 1. The highest BCUT2D eigenvalue weighted by Gasteiger charge is 2.12. The van der Waals surface area contributed by atoms with Gasteiger partial charge >= 0.3 is 0 Å². The summed E-state index contributed by atoms with van der Waals surface area (Å²) in [5.74, 6) is 2.25. The van der Waals surface area contributed by atoms with Crippen LogP contribution in [0.1, 0.15) is 11.5 Å². The van der Waals surface area contributed by atoms with E-state index >= 15 is 0 Å². The van der Waals surface area contributed by atoms with Gasteiger partial charge in [0.15, 0.2) is 5.16 Å². The SMILES string of the molecule is Cc1oc(-c2ccsc2)nc1CSc1ncn[nH]1. The van der Waals surface area contributed by atoms with Crippen LogP contribution in [0.4, 0.5) is 0 Å². The third-order valence-corrected chi connectivity index (χ3v) is 3.97. The zero-order valence-corrected chi connectivity index (χ0v) is 11.2. The molecular formula is C11H10N4OS2. The average Bonchev–Trinajstić information content (AvgIpc) is 3.09. The molecule has 7 heteroatoms. The van der Waals surface area contributed by atoms with Crippen LogP contribution in [-0.2, 0) is 5.75 Å². The molecule has 5 nitrogen and oxygen atoms in total. The molecule has 0 fully saturated rings. The summed E-state index contributed by atoms with van der Waals surface area (Å²) in [6.07, 6.45) is 1.49. The van der Waals surface area contributed by atoms with E-state index in [1.165, 1.54) is 6.33 Å². The minimum atomic E-state index is 0.682. The van der Waals surface area contributed by atoms with E-state index < -0.39 is 0 Å². The summed E-state index contributed by atoms with van der Waals surface area (Å²) < 4.78 is 5.66. The quantitative estimate of drug-likeness (QED) is 0.743. The molecule has 0 radical (unpaired) electrons. The van der Waals surface area contributed by atoms with Gasteiger partial charge in [-0.3, -0.25) is 5.10 Å². The third-order valence-electron chi connectivity index (χ3n) is 2.40. The van der Waals surface area contributed by atoms with Crippen molar-refractivity contribution in [1.29, 1.82) is 0 Å². The molecule has 3 aromatic rings. The van der Waals surface area contributed by atoms with Gasteiger partial charge in [-0.15, -0.1) is 0 Å². The number of oxazole rings is 1. The van der Waals surface area contributed by atoms with E-state index in [9.17, 15) is 0 Å². The second kappa shape index (κ2) is 4.95. The number of aromatic amines is 1. The Kier molecular flexibility index (Phi) is 3.16. The van der Waals surface area contributed by atoms with E-state index in [0.29, 0.717) is 11.6 Å². The van der Waals surface area contributed by atoms with E-state index in [1.54, 1.807) is 23.1 Å². The molecule has 0 bridgehead atoms. The molecule has 18 heavy (non-hydrogen) atoms. The van der Waals surface area contributed by atoms with E-state index in [-0.39, 0.29) is 0 Å². The van der Waals surface area contributed by atoms with E-state index in [1.807, 2.05) is 23.8 Å². The Balaban J connectivity index is 1.77. The van der Waals surface area contributed by atoms with Gasteiger partial charge in [-0.2, -0.15) is 16.4 Å². The molecule has 0 amide bonds. The smallest absolute Gasteiger partial charge is 0.227 e. The van der Waals surface area contributed by atoms with Gasteiger partial charge in [0.25, 0.3) is 0 Å². The van der Waals surface area contributed by atoms with Gasteiger partial charge in [0.05, 0.1) is 5.69 Å². The zero-order valence-electron chi connectivity index (χ0n) is 9.58. The maximum Gasteiger partial charge on any atom is 0.227 e. The van der Waals surface area contributed by atoms with E-state index in [0.717, 1.165) is 22.2 Å². The lowest BCUT2D eigenvalue weighted by Crippen LogP contribution is -1.85. The predicted molar refractivity (Wildman–Crippen MR) is 70.5 cm³/mol. The Bertz CT molecular complexity index is 616. The Morgan fingerprint density at radius 3 is 3.17 bits per heavy atom. The average molecular weight is 278 g/mol. The van der Waals surface area contributed by atoms with Gasteiger partial charge in [0.2, 0.25) is 5.89 Å². The highest BCUT2D eigenvalue weighted by atomic mass is 32.2. The fourth-order valence-electron chi connectivity index (χ4n) is 1.47. The predicted octanol–water partition coefficient (Wildman–Crippen LogP) is 3.12. The molecule has 1 N–H and O–H groups in total. The zero-order chi connectivity index (χ0) is 12.4. The van der Waals surface area contributed by atoms with Crippen molar-refractivity contribution in [3.63, 3.8) is 0 Å². The number of hydrogen-bond acceptors (Lipinski definition) is 6. The van der Waals surface area contributed by atoms with Crippen molar-refractivity contribution in [3.05, 3.63) is 34.6 Å². The molecule has 0 aliphatic heterocycles. The number of aromatic nitrogens is 4. The molecule has 0 aliphatic rings. The van der Waals surface area contributed by atoms with Crippen LogP contribution in [0.15, 0.2) is 32.7 Å². The van der Waals surface area contributed by atoms with Crippen LogP contribution in [0.5, 0.6) is 0 Å². The van der Waals surface area contributed by atoms with Gasteiger partial charge in [-0.1, -0.05) is 11.8 Å². The first-order valence-corrected chi connectivity index (χ1v) is 7.23. The lowest BCUT2D eigenvalue weighted by molar-refractivity contribution is 0.541. The normalized spacial score (nSPS) is 10.9. The number of nitrogens with one attached hydrogen (secondary N) is 1. The van der Waals surface area contributed by atoms with Crippen molar-refractivity contribution in [2.75, 3.05) is 0 Å². The van der Waals surface area contributed by atoms with E-state index in [2.05, 4.69) is 20.2 Å². The van der Waals surface area contributed by atoms with Gasteiger partial charge in [0, 0.05) is 16.7 Å². The van der Waals surface area contributed by atoms with Crippen LogP contribution in [0, 0.1) is 6.92 Å². The van der Waals surface area contributed by atoms with Gasteiger partial charge in [-0.25, -0.2) is 9.97 Å². The number of nitrogens with zero attached hydrogens (tertiary/aromatic N) is 3. The summed E-state index contributed by atoms with van der Waals surface area (Å²) in [5, 5.41) is 11.4. The molecule has 3 heterocycles. The summed E-state index contributed by atoms with van der Waals surface area (Å²) in [4.78, 5) is 8.57. The summed E-state index contributed by atoms with van der Waals surface area (Å²) in [6.45, 7) is 1.93. The molecule has 3 rings (SSSR count). The van der Waals surface area contributed by atoms with Crippen LogP contribution < -0.4 is 0 Å². The molecule has 0 aliphatic carbocycles. The Morgan fingerprint density at radius 2 is 2.44 bits per heavy atom. The molecule has 3 aromatic heterocycles. The van der Waals surface area contributed by atoms with Crippen LogP contribution in [0.3, 0.4) is 0 Å². The minimum absolute atomic E-state index is 0.682. The van der Waals surface area contributed by atoms with Crippen molar-refractivity contribution < 1.29 is 4.42 Å². The molecule has 0 aromatic carbocycles. The van der Waals surface area contributed by atoms with Gasteiger partial charge in [-0.05, 0) is 18.4 Å². The van der Waals surface area contributed by atoms with Crippen molar-refractivity contribution in [2.45, 2.75) is 17.8 Å². The Hall–Kier alpha value is -1.60. The first kappa shape index (κ1) is 11.5. The van der Waals surface area contributed by atoms with Crippen molar-refractivity contribution in [3.8, 4) is 11.5 Å². The summed E-state index contributed by atoms with van der Waals surface area (Å²) >= 11 is 3.19. The number of thioether (sulfide) groups is 1. The highest BCUT2D eigenvalue weighted by Crippen LogP contribution is 2.26. The Labute approximate surface area is 112 Å². The lowest BCUT2D eigenvalue weighted by atomic mass is 10.3. The van der Waals surface area contributed by atoms with Gasteiger partial charge in [0.1, 0.15) is 12.1 Å². The van der Waals surface area contributed by atoms with Crippen molar-refractivity contribution in [2.24, 2.45) is 0 Å². The second-order valence-corrected chi connectivity index (χ2v) is 5.36. The summed E-state index contributed by atoms with van der Waals surface area (Å²) in [5.41, 5.74) is 1.97. The molecule has 0 unspecified atom stereocenters. The second-order valence-electron chi connectivity index (χ2n) is 3.61. The molecule has 0 spiro atoms. The Morgan fingerprint density at radius 1 is 1.50 bits per heavy atom. The highest BCUT2D eigenvalue weighted by molar-refractivity contribution is 7.98. The fourth-order valence-corrected chi connectivity index (χ4v) is 2.88. The van der Waals surface area contributed by atoms with Crippen molar-refractivity contribution in [1.82, 2.24) is 20.2 Å². The molecule has 0 atom stereocenters. The first-order chi connectivity index (χ1) is 8.83. The van der Waals surface area contributed by atoms with Crippen LogP contribution in [0.25, 0.3) is 11.5 Å². The first-order valence-electron chi connectivity index (χ1n) is 5.30. The van der Waals surface area contributed by atoms with Crippen LogP contribution in [-0.4, -0.2) is 20.2 Å². The lowest BCUT2D eigenvalue weighted by Gasteiger charge is -1.93. The minimum Gasteiger partial charge on any atom is -0.441 e. The maximum atomic E-state index is 5.66. The fraction of sp³-hybridized carbons (Fsp3) is 0.182. The number of H-pyrrole nitrogens is 1. The molecule has 0 saturated heterocycles. The monoisotopic (exact) mass is 278 g/mol.